The smallest absolute Gasteiger partial charge is 0.228 e. The molecule has 0 spiro atoms. The molecular formula is C17H21N3O3S2. The predicted molar refractivity (Wildman–Crippen MR) is 100 cm³/mol. The summed E-state index contributed by atoms with van der Waals surface area (Å²) < 4.78 is 26.2. The molecule has 0 bridgehead atoms. The van der Waals surface area contributed by atoms with Crippen LogP contribution in [0, 0.1) is 0 Å². The highest BCUT2D eigenvalue weighted by molar-refractivity contribution is 7.89. The lowest BCUT2D eigenvalue weighted by Gasteiger charge is -2.04. The van der Waals surface area contributed by atoms with Crippen molar-refractivity contribution >= 4 is 33.0 Å². The minimum atomic E-state index is -3.18. The van der Waals surface area contributed by atoms with E-state index in [0.29, 0.717) is 25.8 Å². The molecule has 2 aromatic rings. The van der Waals surface area contributed by atoms with Crippen molar-refractivity contribution < 1.29 is 13.2 Å². The van der Waals surface area contributed by atoms with Crippen LogP contribution in [0.1, 0.15) is 30.3 Å². The highest BCUT2D eigenvalue weighted by atomic mass is 32.2. The number of thiazole rings is 1. The fourth-order valence-corrected chi connectivity index (χ4v) is 4.70. The quantitative estimate of drug-likeness (QED) is 0.738. The van der Waals surface area contributed by atoms with Gasteiger partial charge in [-0.25, -0.2) is 18.1 Å². The molecule has 1 aromatic heterocycles. The molecular weight excluding hydrogens is 358 g/mol. The zero-order valence-electron chi connectivity index (χ0n) is 14.0. The fraction of sp³-hybridized carbons (Fsp3) is 0.412. The number of fused-ring (bicyclic) bond motifs is 1. The van der Waals surface area contributed by atoms with Crippen LogP contribution in [-0.2, 0) is 27.7 Å². The first-order valence-electron chi connectivity index (χ1n) is 8.32. The molecule has 0 atom stereocenters. The number of aromatic nitrogens is 1. The van der Waals surface area contributed by atoms with Crippen LogP contribution in [0.15, 0.2) is 23.6 Å². The van der Waals surface area contributed by atoms with Gasteiger partial charge in [-0.1, -0.05) is 19.4 Å². The zero-order valence-corrected chi connectivity index (χ0v) is 15.7. The first-order chi connectivity index (χ1) is 12.0. The summed E-state index contributed by atoms with van der Waals surface area (Å²) in [4.78, 5) is 16.0. The Hall–Kier alpha value is -1.77. The second-order valence-electron chi connectivity index (χ2n) is 6.04. The topological polar surface area (TPSA) is 88.2 Å². The van der Waals surface area contributed by atoms with Gasteiger partial charge in [0.05, 0.1) is 22.9 Å². The normalized spacial score (nSPS) is 13.7. The molecule has 25 heavy (non-hydrogen) atoms. The van der Waals surface area contributed by atoms with Gasteiger partial charge >= 0.3 is 0 Å². The lowest BCUT2D eigenvalue weighted by atomic mass is 10.1. The predicted octanol–water partition coefficient (Wildman–Crippen LogP) is 2.57. The molecule has 134 valence electrons. The van der Waals surface area contributed by atoms with Crippen LogP contribution in [0.25, 0.3) is 11.3 Å². The lowest BCUT2D eigenvalue weighted by molar-refractivity contribution is -0.115. The summed E-state index contributed by atoms with van der Waals surface area (Å²) in [5, 5.41) is 5.67. The number of carbonyl (C=O) groups is 1. The van der Waals surface area contributed by atoms with E-state index in [0.717, 1.165) is 33.9 Å². The summed E-state index contributed by atoms with van der Waals surface area (Å²) in [6.45, 7) is 2.33. The van der Waals surface area contributed by atoms with Crippen LogP contribution in [0.2, 0.25) is 0 Å². The summed E-state index contributed by atoms with van der Waals surface area (Å²) in [7, 11) is -3.18. The number of rotatable bonds is 8. The van der Waals surface area contributed by atoms with Gasteiger partial charge in [-0.05, 0) is 24.1 Å². The minimum absolute atomic E-state index is 0.0153. The van der Waals surface area contributed by atoms with Crippen molar-refractivity contribution in [2.24, 2.45) is 0 Å². The Morgan fingerprint density at radius 2 is 2.20 bits per heavy atom. The molecule has 1 aliphatic heterocycles. The molecule has 2 heterocycles. The van der Waals surface area contributed by atoms with Crippen LogP contribution in [-0.4, -0.2) is 31.6 Å². The van der Waals surface area contributed by atoms with E-state index in [1.165, 1.54) is 11.3 Å². The van der Waals surface area contributed by atoms with Crippen molar-refractivity contribution in [1.82, 2.24) is 9.71 Å². The van der Waals surface area contributed by atoms with Crippen molar-refractivity contribution in [2.75, 3.05) is 17.6 Å². The van der Waals surface area contributed by atoms with Gasteiger partial charge in [0, 0.05) is 29.6 Å². The molecule has 1 aliphatic rings. The zero-order chi connectivity index (χ0) is 17.9. The third-order valence-corrected chi connectivity index (χ3v) is 6.38. The van der Waals surface area contributed by atoms with E-state index in [-0.39, 0.29) is 11.7 Å². The number of unbranched alkanes of at least 4 members (excludes halogenated alkanes) is 1. The Kier molecular flexibility index (Phi) is 5.51. The third kappa shape index (κ3) is 4.65. The van der Waals surface area contributed by atoms with E-state index in [4.69, 9.17) is 0 Å². The van der Waals surface area contributed by atoms with Crippen LogP contribution >= 0.6 is 11.3 Å². The highest BCUT2D eigenvalue weighted by Crippen LogP contribution is 2.29. The SMILES string of the molecule is CCCCS(=O)(=O)NCCc1nc(-c2ccc3c(c2)CC(=O)N3)cs1. The standard InChI is InChI=1S/C17H21N3O3S2/c1-2-3-8-25(22,23)18-7-6-17-20-15(11-24-17)12-4-5-14-13(9-12)10-16(21)19-14/h4-5,9,11,18H,2-3,6-8,10H2,1H3,(H,19,21). The number of hydrogen-bond acceptors (Lipinski definition) is 5. The summed E-state index contributed by atoms with van der Waals surface area (Å²) in [6, 6.07) is 5.83. The maximum Gasteiger partial charge on any atom is 0.228 e. The summed E-state index contributed by atoms with van der Waals surface area (Å²) in [6.07, 6.45) is 2.51. The Morgan fingerprint density at radius 3 is 3.00 bits per heavy atom. The number of carbonyl (C=O) groups excluding carboxylic acids is 1. The summed E-state index contributed by atoms with van der Waals surface area (Å²) in [5.41, 5.74) is 3.68. The molecule has 0 fully saturated rings. The number of nitrogens with one attached hydrogen (secondary N) is 2. The summed E-state index contributed by atoms with van der Waals surface area (Å²) in [5.74, 6) is 0.190. The molecule has 1 aromatic carbocycles. The molecule has 2 N–H and O–H groups in total. The molecule has 1 amide bonds. The van der Waals surface area contributed by atoms with Crippen molar-refractivity contribution in [2.45, 2.75) is 32.6 Å². The number of amides is 1. The number of hydrogen-bond donors (Lipinski definition) is 2. The van der Waals surface area contributed by atoms with Crippen LogP contribution in [0.3, 0.4) is 0 Å². The molecule has 0 saturated carbocycles. The number of sulfonamides is 1. The molecule has 3 rings (SSSR count). The van der Waals surface area contributed by atoms with E-state index in [1.54, 1.807) is 0 Å². The van der Waals surface area contributed by atoms with E-state index >= 15 is 0 Å². The monoisotopic (exact) mass is 379 g/mol. The van der Waals surface area contributed by atoms with Gasteiger partial charge in [-0.15, -0.1) is 11.3 Å². The van der Waals surface area contributed by atoms with Crippen LogP contribution < -0.4 is 10.0 Å². The van der Waals surface area contributed by atoms with E-state index in [9.17, 15) is 13.2 Å². The van der Waals surface area contributed by atoms with Crippen molar-refractivity contribution in [3.8, 4) is 11.3 Å². The fourth-order valence-electron chi connectivity index (χ4n) is 2.67. The van der Waals surface area contributed by atoms with Crippen molar-refractivity contribution in [1.29, 1.82) is 0 Å². The van der Waals surface area contributed by atoms with E-state index < -0.39 is 10.0 Å². The van der Waals surface area contributed by atoms with Gasteiger partial charge in [-0.2, -0.15) is 0 Å². The Morgan fingerprint density at radius 1 is 1.36 bits per heavy atom. The van der Waals surface area contributed by atoms with Crippen LogP contribution in [0.4, 0.5) is 5.69 Å². The molecule has 8 heteroatoms. The van der Waals surface area contributed by atoms with Gasteiger partial charge in [0.1, 0.15) is 0 Å². The first kappa shape index (κ1) is 18.0. The Bertz CT molecular complexity index is 875. The third-order valence-electron chi connectivity index (χ3n) is 4.01. The van der Waals surface area contributed by atoms with Gasteiger partial charge in [-0.3, -0.25) is 4.79 Å². The first-order valence-corrected chi connectivity index (χ1v) is 10.8. The van der Waals surface area contributed by atoms with Gasteiger partial charge in [0.2, 0.25) is 15.9 Å². The van der Waals surface area contributed by atoms with Gasteiger partial charge < -0.3 is 5.32 Å². The number of nitrogens with zero attached hydrogens (tertiary/aromatic N) is 1. The average molecular weight is 380 g/mol. The Balaban J connectivity index is 1.60. The molecule has 0 aliphatic carbocycles. The van der Waals surface area contributed by atoms with Crippen molar-refractivity contribution in [3.63, 3.8) is 0 Å². The maximum atomic E-state index is 11.8. The number of benzene rings is 1. The maximum absolute atomic E-state index is 11.8. The largest absolute Gasteiger partial charge is 0.326 e. The Labute approximate surface area is 151 Å². The molecule has 0 unspecified atom stereocenters. The second kappa shape index (κ2) is 7.63. The number of anilines is 1. The van der Waals surface area contributed by atoms with Crippen LogP contribution in [0.5, 0.6) is 0 Å². The molecule has 6 nitrogen and oxygen atoms in total. The van der Waals surface area contributed by atoms with Gasteiger partial charge in [0.25, 0.3) is 0 Å². The van der Waals surface area contributed by atoms with Gasteiger partial charge in [0.15, 0.2) is 0 Å². The minimum Gasteiger partial charge on any atom is -0.326 e. The van der Waals surface area contributed by atoms with E-state index in [2.05, 4.69) is 15.0 Å². The van der Waals surface area contributed by atoms with Crippen molar-refractivity contribution in [3.05, 3.63) is 34.2 Å². The molecule has 0 radical (unpaired) electrons. The summed E-state index contributed by atoms with van der Waals surface area (Å²) >= 11 is 1.52. The second-order valence-corrected chi connectivity index (χ2v) is 8.91. The van der Waals surface area contributed by atoms with E-state index in [1.807, 2.05) is 30.5 Å². The molecule has 0 saturated heterocycles. The average Bonchev–Trinajstić information content (AvgIpc) is 3.17. The highest BCUT2D eigenvalue weighted by Gasteiger charge is 2.18. The lowest BCUT2D eigenvalue weighted by Crippen LogP contribution is -2.28.